The molecule has 3 rings (SSSR count). The Hall–Kier alpha value is -4.65. The first-order valence-corrected chi connectivity index (χ1v) is 11.0. The second-order valence-corrected chi connectivity index (χ2v) is 8.12. The smallest absolute Gasteiger partial charge is 0.343 e. The average molecular weight is 487 g/mol. The lowest BCUT2D eigenvalue weighted by Crippen LogP contribution is -2.09. The first-order valence-electron chi connectivity index (χ1n) is 11.0. The SMILES string of the molecule is C=C(C)C(=O)Oc1ccc(C(=O)O/C(C)=C(\C)c2ccc(-c3ccc(OC(=O)C(=C)C)cc3)o2)cc1. The zero-order valence-corrected chi connectivity index (χ0v) is 20.5. The zero-order chi connectivity index (χ0) is 26.4. The quantitative estimate of drug-likeness (QED) is 0.155. The van der Waals surface area contributed by atoms with E-state index >= 15 is 0 Å². The molecule has 7 heteroatoms. The minimum atomic E-state index is -0.559. The standard InChI is InChI=1S/C29H26O7/c1-17(2)27(30)34-23-11-7-21(8-12-23)26-16-15-25(36-26)19(5)20(6)33-29(32)22-9-13-24(14-10-22)35-28(31)18(3)4/h7-16H,1,3H2,2,4-6H3/b20-19+. The van der Waals surface area contributed by atoms with Crippen LogP contribution in [0.5, 0.6) is 11.5 Å². The fourth-order valence-corrected chi connectivity index (χ4v) is 2.88. The van der Waals surface area contributed by atoms with E-state index in [4.69, 9.17) is 18.6 Å². The summed E-state index contributed by atoms with van der Waals surface area (Å²) < 4.78 is 21.8. The van der Waals surface area contributed by atoms with Gasteiger partial charge in [-0.1, -0.05) is 13.2 Å². The molecule has 0 spiro atoms. The molecule has 0 saturated heterocycles. The number of hydrogen-bond donors (Lipinski definition) is 0. The molecule has 0 amide bonds. The van der Waals surface area contributed by atoms with Crippen LogP contribution in [0.2, 0.25) is 0 Å². The molecule has 0 unspecified atom stereocenters. The van der Waals surface area contributed by atoms with Crippen LogP contribution in [-0.2, 0) is 14.3 Å². The number of hydrogen-bond acceptors (Lipinski definition) is 7. The molecule has 0 fully saturated rings. The molecule has 2 aromatic carbocycles. The maximum Gasteiger partial charge on any atom is 0.343 e. The summed E-state index contributed by atoms with van der Waals surface area (Å²) in [6.07, 6.45) is 0. The number of benzene rings is 2. The fourth-order valence-electron chi connectivity index (χ4n) is 2.88. The summed E-state index contributed by atoms with van der Waals surface area (Å²) in [7, 11) is 0. The third-order valence-corrected chi connectivity index (χ3v) is 5.10. The van der Waals surface area contributed by atoms with Crippen molar-refractivity contribution in [1.29, 1.82) is 0 Å². The summed E-state index contributed by atoms with van der Waals surface area (Å²) >= 11 is 0. The Kier molecular flexibility index (Phi) is 8.07. The number of carbonyl (C=O) groups excluding carboxylic acids is 3. The van der Waals surface area contributed by atoms with Crippen LogP contribution in [0.25, 0.3) is 16.9 Å². The van der Waals surface area contributed by atoms with Crippen molar-refractivity contribution in [2.75, 3.05) is 0 Å². The Morgan fingerprint density at radius 1 is 0.694 bits per heavy atom. The molecule has 184 valence electrons. The number of allylic oxidation sites excluding steroid dienone is 2. The van der Waals surface area contributed by atoms with Gasteiger partial charge >= 0.3 is 17.9 Å². The second kappa shape index (κ2) is 11.2. The van der Waals surface area contributed by atoms with E-state index < -0.39 is 17.9 Å². The van der Waals surface area contributed by atoms with E-state index in [9.17, 15) is 14.4 Å². The van der Waals surface area contributed by atoms with Gasteiger partial charge in [-0.3, -0.25) is 0 Å². The maximum atomic E-state index is 12.6. The van der Waals surface area contributed by atoms with Crippen molar-refractivity contribution in [2.45, 2.75) is 27.7 Å². The Morgan fingerprint density at radius 3 is 1.69 bits per heavy atom. The molecule has 0 aliphatic heterocycles. The zero-order valence-electron chi connectivity index (χ0n) is 20.5. The molecule has 0 aliphatic rings. The van der Waals surface area contributed by atoms with E-state index in [-0.39, 0.29) is 5.57 Å². The van der Waals surface area contributed by atoms with E-state index in [1.165, 1.54) is 24.3 Å². The molecule has 3 aromatic rings. The minimum Gasteiger partial charge on any atom is -0.456 e. The van der Waals surface area contributed by atoms with Crippen molar-refractivity contribution in [3.05, 3.63) is 102 Å². The number of rotatable bonds is 8. The number of furan rings is 1. The second-order valence-electron chi connectivity index (χ2n) is 8.12. The summed E-state index contributed by atoms with van der Waals surface area (Å²) in [6, 6.07) is 16.5. The van der Waals surface area contributed by atoms with Gasteiger partial charge in [-0.15, -0.1) is 0 Å². The third kappa shape index (κ3) is 6.48. The number of ether oxygens (including phenoxy) is 3. The summed E-state index contributed by atoms with van der Waals surface area (Å²) in [5.74, 6) is 0.622. The van der Waals surface area contributed by atoms with Gasteiger partial charge in [0.1, 0.15) is 28.8 Å². The first-order chi connectivity index (χ1) is 17.0. The van der Waals surface area contributed by atoms with Gasteiger partial charge in [-0.25, -0.2) is 14.4 Å². The molecule has 0 saturated carbocycles. The predicted molar refractivity (Wildman–Crippen MR) is 135 cm³/mol. The van der Waals surface area contributed by atoms with Crippen molar-refractivity contribution in [3.63, 3.8) is 0 Å². The van der Waals surface area contributed by atoms with Crippen LogP contribution in [0, 0.1) is 0 Å². The molecule has 1 aromatic heterocycles. The molecular formula is C29H26O7. The summed E-state index contributed by atoms with van der Waals surface area (Å²) in [6.45, 7) is 13.7. The third-order valence-electron chi connectivity index (χ3n) is 5.10. The van der Waals surface area contributed by atoms with Gasteiger partial charge in [-0.2, -0.15) is 0 Å². The Morgan fingerprint density at radius 2 is 1.19 bits per heavy atom. The summed E-state index contributed by atoms with van der Waals surface area (Å²) in [5.41, 5.74) is 2.32. The molecule has 0 aliphatic carbocycles. The minimum absolute atomic E-state index is 0.275. The highest BCUT2D eigenvalue weighted by Gasteiger charge is 2.15. The average Bonchev–Trinajstić information content (AvgIpc) is 3.34. The number of esters is 3. The monoisotopic (exact) mass is 486 g/mol. The van der Waals surface area contributed by atoms with E-state index in [1.54, 1.807) is 64.1 Å². The van der Waals surface area contributed by atoms with Crippen molar-refractivity contribution in [2.24, 2.45) is 0 Å². The molecule has 0 radical (unpaired) electrons. The van der Waals surface area contributed by atoms with Crippen molar-refractivity contribution in [1.82, 2.24) is 0 Å². The van der Waals surface area contributed by atoms with Crippen molar-refractivity contribution >= 4 is 23.5 Å². The maximum absolute atomic E-state index is 12.6. The first kappa shape index (κ1) is 26.0. The Labute approximate surface area is 209 Å². The van der Waals surface area contributed by atoms with E-state index in [2.05, 4.69) is 13.2 Å². The topological polar surface area (TPSA) is 92.0 Å². The van der Waals surface area contributed by atoms with Crippen LogP contribution >= 0.6 is 0 Å². The predicted octanol–water partition coefficient (Wildman–Crippen LogP) is 6.52. The van der Waals surface area contributed by atoms with Gasteiger partial charge in [0.25, 0.3) is 0 Å². The van der Waals surface area contributed by atoms with Gasteiger partial charge < -0.3 is 18.6 Å². The molecule has 0 atom stereocenters. The van der Waals surface area contributed by atoms with Crippen molar-refractivity contribution in [3.8, 4) is 22.8 Å². The van der Waals surface area contributed by atoms with Crippen LogP contribution in [-0.4, -0.2) is 17.9 Å². The molecule has 0 N–H and O–H groups in total. The lowest BCUT2D eigenvalue weighted by Gasteiger charge is -2.09. The fraction of sp³-hybridized carbons (Fsp3) is 0.138. The largest absolute Gasteiger partial charge is 0.456 e. The summed E-state index contributed by atoms with van der Waals surface area (Å²) in [5, 5.41) is 0. The molecule has 0 bridgehead atoms. The lowest BCUT2D eigenvalue weighted by atomic mass is 10.1. The van der Waals surface area contributed by atoms with E-state index in [0.29, 0.717) is 45.5 Å². The highest BCUT2D eigenvalue weighted by atomic mass is 16.5. The van der Waals surface area contributed by atoms with Crippen LogP contribution in [0.4, 0.5) is 0 Å². The molecule has 7 nitrogen and oxygen atoms in total. The summed E-state index contributed by atoms with van der Waals surface area (Å²) in [4.78, 5) is 35.8. The Bertz CT molecular complexity index is 1350. The molecule has 1 heterocycles. The van der Waals surface area contributed by atoms with Gasteiger partial charge in [0.05, 0.1) is 5.56 Å². The van der Waals surface area contributed by atoms with Crippen molar-refractivity contribution < 1.29 is 33.0 Å². The van der Waals surface area contributed by atoms with Crippen LogP contribution < -0.4 is 9.47 Å². The van der Waals surface area contributed by atoms with Gasteiger partial charge in [0.15, 0.2) is 0 Å². The Balaban J connectivity index is 1.67. The lowest BCUT2D eigenvalue weighted by molar-refractivity contribution is -0.130. The van der Waals surface area contributed by atoms with Crippen LogP contribution in [0.15, 0.2) is 95.1 Å². The van der Waals surface area contributed by atoms with E-state index in [1.807, 2.05) is 0 Å². The van der Waals surface area contributed by atoms with Gasteiger partial charge in [-0.05, 0) is 88.4 Å². The van der Waals surface area contributed by atoms with Crippen LogP contribution in [0.1, 0.15) is 43.8 Å². The van der Waals surface area contributed by atoms with E-state index in [0.717, 1.165) is 5.56 Å². The highest BCUT2D eigenvalue weighted by Crippen LogP contribution is 2.29. The molecule has 36 heavy (non-hydrogen) atoms. The highest BCUT2D eigenvalue weighted by molar-refractivity contribution is 5.92. The van der Waals surface area contributed by atoms with Gasteiger partial charge in [0, 0.05) is 22.3 Å². The van der Waals surface area contributed by atoms with Crippen LogP contribution in [0.3, 0.4) is 0 Å². The number of carbonyl (C=O) groups is 3. The molecular weight excluding hydrogens is 460 g/mol. The normalized spacial score (nSPS) is 11.2. The van der Waals surface area contributed by atoms with Gasteiger partial charge in [0.2, 0.25) is 0 Å².